The third kappa shape index (κ3) is 5.37. The number of fused-ring (bicyclic) bond motifs is 1. The van der Waals surface area contributed by atoms with Crippen molar-refractivity contribution in [2.75, 3.05) is 25.0 Å². The van der Waals surface area contributed by atoms with Gasteiger partial charge in [0, 0.05) is 30.4 Å². The Labute approximate surface area is 223 Å². The highest BCUT2D eigenvalue weighted by atomic mass is 127. The summed E-state index contributed by atoms with van der Waals surface area (Å²) < 4.78 is 50.8. The summed E-state index contributed by atoms with van der Waals surface area (Å²) in [6.45, 7) is 0.177. The fraction of sp³-hybridized carbons (Fsp3) is 0.200. The Hall–Kier alpha value is -3.03. The summed E-state index contributed by atoms with van der Waals surface area (Å²) in [5.41, 5.74) is 1.80. The number of halogens is 2. The van der Waals surface area contributed by atoms with Crippen LogP contribution >= 0.6 is 22.6 Å². The third-order valence-electron chi connectivity index (χ3n) is 5.59. The van der Waals surface area contributed by atoms with E-state index in [1.807, 2.05) is 46.9 Å². The van der Waals surface area contributed by atoms with E-state index < -0.39 is 23.0 Å². The Morgan fingerprint density at radius 1 is 1.25 bits per heavy atom. The van der Waals surface area contributed by atoms with Gasteiger partial charge in [0.25, 0.3) is 5.91 Å². The van der Waals surface area contributed by atoms with E-state index in [0.717, 1.165) is 15.6 Å². The average Bonchev–Trinajstić information content (AvgIpc) is 3.24. The van der Waals surface area contributed by atoms with E-state index in [0.29, 0.717) is 27.4 Å². The van der Waals surface area contributed by atoms with Gasteiger partial charge in [-0.2, -0.15) is 4.98 Å². The van der Waals surface area contributed by atoms with Gasteiger partial charge in [-0.15, -0.1) is 0 Å². The second-order valence-electron chi connectivity index (χ2n) is 7.77. The lowest BCUT2D eigenvalue weighted by Gasteiger charge is -2.26. The molecule has 4 aromatic rings. The molecule has 0 fully saturated rings. The van der Waals surface area contributed by atoms with Crippen molar-refractivity contribution in [2.45, 2.75) is 12.8 Å². The number of amides is 1. The molecule has 2 aromatic heterocycles. The molecule has 4 rings (SSSR count). The Bertz CT molecular complexity index is 1430. The van der Waals surface area contributed by atoms with Crippen LogP contribution in [0.5, 0.6) is 5.75 Å². The molecule has 11 heteroatoms. The lowest BCUT2D eigenvalue weighted by atomic mass is 10.1. The van der Waals surface area contributed by atoms with Crippen LogP contribution in [0, 0.1) is 9.39 Å². The summed E-state index contributed by atoms with van der Waals surface area (Å²) in [7, 11) is 3.09. The largest absolute Gasteiger partial charge is 0.755 e. The molecule has 0 radical (unpaired) electrons. The van der Waals surface area contributed by atoms with Crippen molar-refractivity contribution in [1.82, 2.24) is 10.3 Å². The number of hydrogen-bond donors (Lipinski definition) is 1. The molecule has 0 aliphatic carbocycles. The first-order valence-corrected chi connectivity index (χ1v) is 13.0. The Balaban J connectivity index is 1.70. The van der Waals surface area contributed by atoms with E-state index in [-0.39, 0.29) is 29.4 Å². The summed E-state index contributed by atoms with van der Waals surface area (Å²) in [5.74, 6) is 0.328. The molecule has 36 heavy (non-hydrogen) atoms. The van der Waals surface area contributed by atoms with Crippen molar-refractivity contribution in [3.8, 4) is 17.1 Å². The Morgan fingerprint density at radius 3 is 2.64 bits per heavy atom. The number of para-hydroxylation sites is 1. The standard InChI is InChI=1S/C25H23FIN3O5S/c1-28-24(31)21-18-14-19(27)23(29-25(18)35-22(21)16-9-11-17(26)12-10-16)30(36(32)33)13-5-7-15-6-3-4-8-20(15)34-2/h3-4,6,8-12,14H,5,7,13H2,1-2H3,(H,28,31)(H,32,33)/p-1. The van der Waals surface area contributed by atoms with Crippen LogP contribution in [0.2, 0.25) is 0 Å². The topological polar surface area (TPSA) is 108 Å². The predicted molar refractivity (Wildman–Crippen MR) is 143 cm³/mol. The fourth-order valence-electron chi connectivity index (χ4n) is 3.89. The van der Waals surface area contributed by atoms with E-state index in [1.54, 1.807) is 13.2 Å². The number of aryl methyl sites for hydroxylation is 1. The number of carbonyl (C=O) groups is 1. The minimum absolute atomic E-state index is 0.100. The maximum atomic E-state index is 13.5. The minimum Gasteiger partial charge on any atom is -0.755 e. The molecule has 0 bridgehead atoms. The Morgan fingerprint density at radius 2 is 1.97 bits per heavy atom. The molecule has 0 aliphatic rings. The summed E-state index contributed by atoms with van der Waals surface area (Å²) >= 11 is -0.606. The Kier molecular flexibility index (Phi) is 8.21. The van der Waals surface area contributed by atoms with Crippen molar-refractivity contribution in [2.24, 2.45) is 0 Å². The van der Waals surface area contributed by atoms with Gasteiger partial charge in [-0.25, -0.2) is 4.39 Å². The van der Waals surface area contributed by atoms with E-state index in [9.17, 15) is 17.9 Å². The van der Waals surface area contributed by atoms with Crippen LogP contribution in [0.3, 0.4) is 0 Å². The number of anilines is 1. The van der Waals surface area contributed by atoms with Gasteiger partial charge in [0.2, 0.25) is 5.71 Å². The maximum Gasteiger partial charge on any atom is 0.255 e. The van der Waals surface area contributed by atoms with E-state index >= 15 is 0 Å². The van der Waals surface area contributed by atoms with Crippen molar-refractivity contribution in [1.29, 1.82) is 0 Å². The molecule has 1 N–H and O–H groups in total. The SMILES string of the molecule is CNC(=O)c1c(-c2ccc(F)cc2)oc2nc(N(CCCc3ccccc3OC)S(=O)[O-])c(I)cc12. The zero-order valence-corrected chi connectivity index (χ0v) is 22.4. The van der Waals surface area contributed by atoms with Crippen molar-refractivity contribution in [3.05, 3.63) is 75.1 Å². The smallest absolute Gasteiger partial charge is 0.255 e. The molecule has 0 saturated heterocycles. The summed E-state index contributed by atoms with van der Waals surface area (Å²) in [4.78, 5) is 17.2. The molecule has 2 heterocycles. The molecular weight excluding hydrogens is 600 g/mol. The molecule has 188 valence electrons. The highest BCUT2D eigenvalue weighted by Crippen LogP contribution is 2.36. The number of carbonyl (C=O) groups excluding carboxylic acids is 1. The van der Waals surface area contributed by atoms with Gasteiger partial charge >= 0.3 is 0 Å². The van der Waals surface area contributed by atoms with Crippen LogP contribution in [0.25, 0.3) is 22.4 Å². The molecule has 0 saturated carbocycles. The number of benzene rings is 2. The number of rotatable bonds is 9. The first-order chi connectivity index (χ1) is 17.3. The first kappa shape index (κ1) is 26.0. The number of pyridine rings is 1. The normalized spacial score (nSPS) is 11.9. The summed E-state index contributed by atoms with van der Waals surface area (Å²) in [6.07, 6.45) is 1.12. The highest BCUT2D eigenvalue weighted by Gasteiger charge is 2.25. The molecular formula is C25H22FIN3O5S-. The lowest BCUT2D eigenvalue weighted by Crippen LogP contribution is -2.28. The van der Waals surface area contributed by atoms with Crippen LogP contribution in [0.15, 0.2) is 59.0 Å². The first-order valence-electron chi connectivity index (χ1n) is 10.9. The molecule has 1 unspecified atom stereocenters. The highest BCUT2D eigenvalue weighted by molar-refractivity contribution is 14.1. The number of nitrogens with one attached hydrogen (secondary N) is 1. The van der Waals surface area contributed by atoms with Gasteiger partial charge in [0.15, 0.2) is 5.82 Å². The van der Waals surface area contributed by atoms with Crippen LogP contribution in [-0.2, 0) is 17.7 Å². The zero-order valence-electron chi connectivity index (χ0n) is 19.4. The molecule has 8 nitrogen and oxygen atoms in total. The number of aromatic nitrogens is 1. The summed E-state index contributed by atoms with van der Waals surface area (Å²) in [5, 5.41) is 3.01. The molecule has 0 spiro atoms. The van der Waals surface area contributed by atoms with E-state index in [4.69, 9.17) is 9.15 Å². The van der Waals surface area contributed by atoms with Gasteiger partial charge < -0.3 is 19.0 Å². The second kappa shape index (κ2) is 11.4. The molecule has 1 atom stereocenters. The number of nitrogens with zero attached hydrogens (tertiary/aromatic N) is 2. The van der Waals surface area contributed by atoms with Gasteiger partial charge in [0.05, 0.1) is 21.6 Å². The van der Waals surface area contributed by atoms with Gasteiger partial charge in [0.1, 0.15) is 17.3 Å². The van der Waals surface area contributed by atoms with E-state index in [2.05, 4.69) is 10.3 Å². The quantitative estimate of drug-likeness (QED) is 0.212. The van der Waals surface area contributed by atoms with Crippen molar-refractivity contribution in [3.63, 3.8) is 0 Å². The molecule has 2 aromatic carbocycles. The number of ether oxygens (including phenoxy) is 1. The van der Waals surface area contributed by atoms with Crippen molar-refractivity contribution >= 4 is 56.7 Å². The minimum atomic E-state index is -2.60. The maximum absolute atomic E-state index is 13.5. The predicted octanol–water partition coefficient (Wildman–Crippen LogP) is 4.84. The van der Waals surface area contributed by atoms with Gasteiger partial charge in [-0.05, 0) is 77.4 Å². The summed E-state index contributed by atoms with van der Waals surface area (Å²) in [6, 6.07) is 14.8. The van der Waals surface area contributed by atoms with Gasteiger partial charge in [-0.1, -0.05) is 18.2 Å². The van der Waals surface area contributed by atoms with Crippen LogP contribution < -0.4 is 14.4 Å². The zero-order chi connectivity index (χ0) is 25.8. The number of hydrogen-bond acceptors (Lipinski definition) is 6. The van der Waals surface area contributed by atoms with E-state index in [1.165, 1.54) is 31.3 Å². The average molecular weight is 622 g/mol. The fourth-order valence-corrected chi connectivity index (χ4v) is 5.34. The van der Waals surface area contributed by atoms with Crippen LogP contribution in [0.4, 0.5) is 10.2 Å². The molecule has 0 aliphatic heterocycles. The second-order valence-corrected chi connectivity index (χ2v) is 9.81. The van der Waals surface area contributed by atoms with Crippen molar-refractivity contribution < 1.29 is 27.1 Å². The molecule has 1 amide bonds. The lowest BCUT2D eigenvalue weighted by molar-refractivity contribution is 0.0964. The van der Waals surface area contributed by atoms with Gasteiger partial charge in [-0.3, -0.25) is 13.3 Å². The van der Waals surface area contributed by atoms with Crippen LogP contribution in [-0.4, -0.2) is 40.4 Å². The number of furan rings is 1. The monoisotopic (exact) mass is 622 g/mol. The third-order valence-corrected chi connectivity index (χ3v) is 7.10. The van der Waals surface area contributed by atoms with Crippen LogP contribution in [0.1, 0.15) is 22.3 Å². The number of methoxy groups -OCH3 is 1.